The predicted octanol–water partition coefficient (Wildman–Crippen LogP) is 2.47. The van der Waals surface area contributed by atoms with E-state index in [0.29, 0.717) is 102 Å². The second kappa shape index (κ2) is 19.8. The van der Waals surface area contributed by atoms with Gasteiger partial charge in [0.15, 0.2) is 0 Å². The van der Waals surface area contributed by atoms with Crippen LogP contribution in [0.1, 0.15) is 88.1 Å². The van der Waals surface area contributed by atoms with E-state index in [1.165, 1.54) is 0 Å². The van der Waals surface area contributed by atoms with Crippen LogP contribution in [0.2, 0.25) is 0 Å². The smallest absolute Gasteiger partial charge is 0.234 e. The van der Waals surface area contributed by atoms with Crippen LogP contribution in [-0.2, 0) is 0 Å². The maximum atomic E-state index is 5.13. The minimum atomic E-state index is -0.258. The topological polar surface area (TPSA) is 275 Å². The van der Waals surface area contributed by atoms with Crippen molar-refractivity contribution >= 4 is 41.6 Å². The number of rotatable bonds is 19. The standard InChI is InChI=1S/C37H60N24/c1-21-44-22(2)49-29(48-21)38-15-59(16-39-30-50-23(3)45-24(4)51-30)33-56-34(60(19-42-36(9,10)11)17-40-31-52-25(5)46-26(6)53-31)58-35(57-33)61(20-43-37(12,13)14)18-41-32-54-27(7)47-28(8)55-32/h42-43H,15-20H2,1-14H3,(H,38,44,48,49)(H,39,45,50,51)(H,40,46,52,53)(H,41,47,54,55). The van der Waals surface area contributed by atoms with Gasteiger partial charge in [-0.2, -0.15) is 54.8 Å². The summed E-state index contributed by atoms with van der Waals surface area (Å²) in [7, 11) is 0. The number of hydrogen-bond acceptors (Lipinski definition) is 24. The van der Waals surface area contributed by atoms with Crippen LogP contribution >= 0.6 is 0 Å². The van der Waals surface area contributed by atoms with Gasteiger partial charge in [0.2, 0.25) is 41.6 Å². The van der Waals surface area contributed by atoms with Crippen LogP contribution in [0.5, 0.6) is 0 Å². The van der Waals surface area contributed by atoms with Gasteiger partial charge < -0.3 is 36.0 Å². The summed E-state index contributed by atoms with van der Waals surface area (Å²) in [4.78, 5) is 74.6. The van der Waals surface area contributed by atoms with E-state index in [1.54, 1.807) is 0 Å². The van der Waals surface area contributed by atoms with Crippen molar-refractivity contribution in [2.75, 3.05) is 76.0 Å². The Balaban J connectivity index is 1.64. The molecule has 0 bridgehead atoms. The summed E-state index contributed by atoms with van der Waals surface area (Å²) in [5.74, 6) is 7.34. The van der Waals surface area contributed by atoms with Gasteiger partial charge in [-0.15, -0.1) is 0 Å². The van der Waals surface area contributed by atoms with Crippen molar-refractivity contribution in [2.45, 2.75) is 108 Å². The lowest BCUT2D eigenvalue weighted by Crippen LogP contribution is -2.48. The zero-order chi connectivity index (χ0) is 44.5. The fourth-order valence-electron chi connectivity index (χ4n) is 5.47. The van der Waals surface area contributed by atoms with Crippen LogP contribution < -0.4 is 46.6 Å². The van der Waals surface area contributed by atoms with E-state index in [4.69, 9.17) is 15.0 Å². The average molecular weight is 841 g/mol. The Kier molecular flexibility index (Phi) is 14.8. The number of nitrogens with zero attached hydrogens (tertiary/aromatic N) is 18. The lowest BCUT2D eigenvalue weighted by atomic mass is 10.1. The van der Waals surface area contributed by atoms with E-state index in [1.807, 2.05) is 70.1 Å². The van der Waals surface area contributed by atoms with E-state index in [9.17, 15) is 0 Å². The molecule has 5 aromatic rings. The summed E-state index contributed by atoms with van der Waals surface area (Å²) in [5.41, 5.74) is -0.516. The first-order valence-electron chi connectivity index (χ1n) is 19.9. The Morgan fingerprint density at radius 1 is 0.295 bits per heavy atom. The molecule has 6 N–H and O–H groups in total. The quantitative estimate of drug-likeness (QED) is 0.0652. The first-order valence-corrected chi connectivity index (χ1v) is 19.9. The molecule has 0 saturated heterocycles. The molecule has 0 aliphatic rings. The molecule has 0 aliphatic carbocycles. The van der Waals surface area contributed by atoms with Crippen LogP contribution in [0.25, 0.3) is 0 Å². The molecular weight excluding hydrogens is 781 g/mol. The van der Waals surface area contributed by atoms with Gasteiger partial charge in [0.25, 0.3) is 0 Å². The highest BCUT2D eigenvalue weighted by molar-refractivity contribution is 5.49. The van der Waals surface area contributed by atoms with Gasteiger partial charge in [-0.1, -0.05) is 0 Å². The van der Waals surface area contributed by atoms with Gasteiger partial charge in [-0.25, -0.2) is 19.9 Å². The summed E-state index contributed by atoms with van der Waals surface area (Å²) in [6, 6.07) is 0. The molecule has 0 amide bonds. The third-order valence-electron chi connectivity index (χ3n) is 8.20. The molecule has 5 heterocycles. The zero-order valence-corrected chi connectivity index (χ0v) is 37.8. The number of hydrogen-bond donors (Lipinski definition) is 6. The van der Waals surface area contributed by atoms with Gasteiger partial charge in [0.1, 0.15) is 46.6 Å². The van der Waals surface area contributed by atoms with E-state index < -0.39 is 0 Å². The summed E-state index contributed by atoms with van der Waals surface area (Å²) < 4.78 is 0. The monoisotopic (exact) mass is 841 g/mol. The largest absolute Gasteiger partial charge is 0.336 e. The molecule has 61 heavy (non-hydrogen) atoms. The van der Waals surface area contributed by atoms with Gasteiger partial charge >= 0.3 is 0 Å². The highest BCUT2D eigenvalue weighted by atomic mass is 15.5. The molecule has 0 saturated carbocycles. The summed E-state index contributed by atoms with van der Waals surface area (Å²) >= 11 is 0. The Morgan fingerprint density at radius 2 is 0.492 bits per heavy atom. The summed E-state index contributed by atoms with van der Waals surface area (Å²) in [5, 5.41) is 20.5. The van der Waals surface area contributed by atoms with Crippen molar-refractivity contribution in [3.8, 4) is 0 Å². The molecule has 5 aromatic heterocycles. The second-order valence-electron chi connectivity index (χ2n) is 16.4. The van der Waals surface area contributed by atoms with E-state index in [-0.39, 0.29) is 37.8 Å². The molecule has 0 radical (unpaired) electrons. The van der Waals surface area contributed by atoms with Crippen molar-refractivity contribution in [1.29, 1.82) is 0 Å². The second-order valence-corrected chi connectivity index (χ2v) is 16.4. The average Bonchev–Trinajstić information content (AvgIpc) is 3.12. The molecule has 0 aliphatic heterocycles. The van der Waals surface area contributed by atoms with Gasteiger partial charge in [-0.05, 0) is 96.9 Å². The lowest BCUT2D eigenvalue weighted by molar-refractivity contribution is 0.421. The first kappa shape index (κ1) is 45.7. The fourth-order valence-corrected chi connectivity index (χ4v) is 5.47. The van der Waals surface area contributed by atoms with Crippen molar-refractivity contribution in [3.05, 3.63) is 46.6 Å². The summed E-state index contributed by atoms with van der Waals surface area (Å²) in [6.45, 7) is 28.6. The molecule has 5 rings (SSSR count). The molecule has 0 unspecified atom stereocenters. The van der Waals surface area contributed by atoms with Crippen LogP contribution in [-0.4, -0.2) is 126 Å². The Hall–Kier alpha value is -6.43. The van der Waals surface area contributed by atoms with Gasteiger partial charge in [-0.3, -0.25) is 10.6 Å². The Labute approximate surface area is 357 Å². The van der Waals surface area contributed by atoms with Crippen LogP contribution in [0.3, 0.4) is 0 Å². The highest BCUT2D eigenvalue weighted by Gasteiger charge is 2.24. The first-order chi connectivity index (χ1) is 28.7. The van der Waals surface area contributed by atoms with Crippen molar-refractivity contribution in [1.82, 2.24) is 85.4 Å². The molecule has 0 fully saturated rings. The van der Waals surface area contributed by atoms with Crippen molar-refractivity contribution in [3.63, 3.8) is 0 Å². The maximum absolute atomic E-state index is 5.13. The highest BCUT2D eigenvalue weighted by Crippen LogP contribution is 2.21. The molecule has 24 heteroatoms. The minimum Gasteiger partial charge on any atom is -0.336 e. The van der Waals surface area contributed by atoms with Crippen LogP contribution in [0.15, 0.2) is 0 Å². The van der Waals surface area contributed by atoms with Crippen molar-refractivity contribution < 1.29 is 0 Å². The Morgan fingerprint density at radius 3 is 0.689 bits per heavy atom. The number of anilines is 7. The van der Waals surface area contributed by atoms with E-state index in [0.717, 1.165) is 0 Å². The zero-order valence-electron chi connectivity index (χ0n) is 37.8. The number of nitrogens with one attached hydrogen (secondary N) is 6. The minimum absolute atomic E-state index is 0.158. The molecule has 328 valence electrons. The Bertz CT molecular complexity index is 2000. The number of aryl methyl sites for hydroxylation is 8. The van der Waals surface area contributed by atoms with Crippen LogP contribution in [0.4, 0.5) is 41.6 Å². The molecular formula is C37H60N24. The molecule has 0 atom stereocenters. The fraction of sp³-hybridized carbons (Fsp3) is 0.595. The van der Waals surface area contributed by atoms with Gasteiger partial charge in [0.05, 0.1) is 40.0 Å². The van der Waals surface area contributed by atoms with Crippen LogP contribution in [0, 0.1) is 55.4 Å². The normalized spacial score (nSPS) is 11.6. The third kappa shape index (κ3) is 15.0. The molecule has 0 spiro atoms. The maximum Gasteiger partial charge on any atom is 0.234 e. The van der Waals surface area contributed by atoms with E-state index in [2.05, 4.69) is 133 Å². The number of aromatic nitrogens is 15. The molecule has 0 aromatic carbocycles. The van der Waals surface area contributed by atoms with Crippen molar-refractivity contribution in [2.24, 2.45) is 0 Å². The lowest BCUT2D eigenvalue weighted by Gasteiger charge is -2.32. The SMILES string of the molecule is Cc1nc(C)nc(NCN(CNc2nc(C)nc(C)n2)c2nc(N(CNc3nc(C)nc(C)n3)CNC(C)(C)C)nc(N(CNc3nc(C)nc(C)n3)CNC(C)(C)C)n2)n1. The predicted molar refractivity (Wildman–Crippen MR) is 234 cm³/mol. The summed E-state index contributed by atoms with van der Waals surface area (Å²) in [6.07, 6.45) is 0. The third-order valence-corrected chi connectivity index (χ3v) is 8.20. The molecule has 24 nitrogen and oxygen atoms in total. The van der Waals surface area contributed by atoms with Gasteiger partial charge in [0, 0.05) is 11.1 Å². The van der Waals surface area contributed by atoms with E-state index >= 15 is 0 Å².